The zero-order chi connectivity index (χ0) is 19.8. The molecule has 2 rings (SSSR count). The fourth-order valence-corrected chi connectivity index (χ4v) is 4.23. The minimum absolute atomic E-state index is 0.0168. The summed E-state index contributed by atoms with van der Waals surface area (Å²) in [6.45, 7) is 9.72. The third kappa shape index (κ3) is 5.75. The van der Waals surface area contributed by atoms with E-state index in [1.807, 2.05) is 4.90 Å². The molecule has 6 nitrogen and oxygen atoms in total. The number of nitrogens with one attached hydrogen (secondary N) is 1. The van der Waals surface area contributed by atoms with Gasteiger partial charge in [-0.2, -0.15) is 0 Å². The topological polar surface area (TPSA) is 82.0 Å². The molecule has 27 heavy (non-hydrogen) atoms. The Kier molecular flexibility index (Phi) is 8.70. The normalized spacial score (nSPS) is 23.8. The molecule has 1 fully saturated rings. The highest BCUT2D eigenvalue weighted by molar-refractivity contribution is 5.83. The summed E-state index contributed by atoms with van der Waals surface area (Å²) in [5.74, 6) is 0.203. The molecule has 6 heteroatoms. The molecule has 0 aromatic rings. The molecule has 0 bridgehead atoms. The van der Waals surface area contributed by atoms with Gasteiger partial charge in [-0.15, -0.1) is 0 Å². The Labute approximate surface area is 162 Å². The highest BCUT2D eigenvalue weighted by Crippen LogP contribution is 2.31. The van der Waals surface area contributed by atoms with Crippen molar-refractivity contribution >= 4 is 5.91 Å². The molecular weight excluding hydrogens is 344 g/mol. The molecule has 0 saturated heterocycles. The number of nitrogens with zero attached hydrogens (tertiary/aromatic N) is 1. The first-order valence-electron chi connectivity index (χ1n) is 9.91. The third-order valence-electron chi connectivity index (χ3n) is 5.63. The van der Waals surface area contributed by atoms with E-state index in [1.165, 1.54) is 6.42 Å². The van der Waals surface area contributed by atoms with Crippen LogP contribution in [0, 0.1) is 5.92 Å². The Balaban J connectivity index is 2.26. The van der Waals surface area contributed by atoms with E-state index in [2.05, 4.69) is 18.5 Å². The first-order chi connectivity index (χ1) is 13.0. The lowest BCUT2D eigenvalue weighted by Gasteiger charge is -2.41. The van der Waals surface area contributed by atoms with Gasteiger partial charge < -0.3 is 19.8 Å². The van der Waals surface area contributed by atoms with Gasteiger partial charge in [-0.3, -0.25) is 10.1 Å². The Hall–Kier alpha value is -1.47. The molecule has 2 unspecified atom stereocenters. The summed E-state index contributed by atoms with van der Waals surface area (Å²) in [4.78, 5) is 15.3. The van der Waals surface area contributed by atoms with Crippen molar-refractivity contribution in [3.05, 3.63) is 36.5 Å². The summed E-state index contributed by atoms with van der Waals surface area (Å²) in [6.07, 6.45) is 8.85. The number of carbonyl (C=O) groups excluding carboxylic acids is 1. The van der Waals surface area contributed by atoms with Crippen molar-refractivity contribution in [2.45, 2.75) is 63.8 Å². The van der Waals surface area contributed by atoms with Crippen LogP contribution in [-0.4, -0.2) is 59.3 Å². The molecule has 1 aliphatic carbocycles. The van der Waals surface area contributed by atoms with E-state index in [0.717, 1.165) is 36.8 Å². The predicted molar refractivity (Wildman–Crippen MR) is 106 cm³/mol. The molecule has 0 aromatic carbocycles. The lowest BCUT2D eigenvalue weighted by atomic mass is 9.82. The van der Waals surface area contributed by atoms with E-state index in [1.54, 1.807) is 19.1 Å². The van der Waals surface area contributed by atoms with Gasteiger partial charge in [-0.25, -0.2) is 0 Å². The van der Waals surface area contributed by atoms with Gasteiger partial charge in [0.2, 0.25) is 5.91 Å². The number of hydrogen-bond donors (Lipinski definition) is 3. The van der Waals surface area contributed by atoms with E-state index < -0.39 is 12.3 Å². The second-order valence-electron chi connectivity index (χ2n) is 7.50. The highest BCUT2D eigenvalue weighted by Gasteiger charge is 2.37. The van der Waals surface area contributed by atoms with Crippen molar-refractivity contribution in [2.75, 3.05) is 19.9 Å². The first kappa shape index (κ1) is 21.8. The summed E-state index contributed by atoms with van der Waals surface area (Å²) in [7, 11) is 0. The number of rotatable bonds is 9. The van der Waals surface area contributed by atoms with E-state index in [-0.39, 0.29) is 31.3 Å². The fraction of sp³-hybridized carbons (Fsp3) is 0.667. The molecule has 1 heterocycles. The number of aliphatic hydroxyl groups excluding tert-OH is 2. The Morgan fingerprint density at radius 1 is 1.30 bits per heavy atom. The van der Waals surface area contributed by atoms with Crippen LogP contribution in [0.25, 0.3) is 0 Å². The second kappa shape index (κ2) is 10.8. The van der Waals surface area contributed by atoms with Crippen LogP contribution in [0.15, 0.2) is 36.5 Å². The van der Waals surface area contributed by atoms with Gasteiger partial charge >= 0.3 is 0 Å². The molecule has 1 saturated carbocycles. The third-order valence-corrected chi connectivity index (χ3v) is 5.63. The lowest BCUT2D eigenvalue weighted by Crippen LogP contribution is -2.57. The van der Waals surface area contributed by atoms with Crippen molar-refractivity contribution in [1.82, 2.24) is 10.2 Å². The summed E-state index contributed by atoms with van der Waals surface area (Å²) in [5, 5.41) is 22.1. The van der Waals surface area contributed by atoms with Crippen LogP contribution < -0.4 is 5.32 Å². The van der Waals surface area contributed by atoms with Crippen LogP contribution in [0.1, 0.15) is 45.4 Å². The minimum atomic E-state index is -0.754. The van der Waals surface area contributed by atoms with Crippen LogP contribution in [0.3, 0.4) is 0 Å². The molecule has 152 valence electrons. The summed E-state index contributed by atoms with van der Waals surface area (Å²) >= 11 is 0. The van der Waals surface area contributed by atoms with Crippen molar-refractivity contribution in [3.63, 3.8) is 0 Å². The maximum absolute atomic E-state index is 13.5. The number of aliphatic hydroxyl groups is 2. The van der Waals surface area contributed by atoms with Gasteiger partial charge in [0.15, 0.2) is 0 Å². The van der Waals surface area contributed by atoms with Gasteiger partial charge in [0.1, 0.15) is 13.0 Å². The fourth-order valence-electron chi connectivity index (χ4n) is 4.23. The predicted octanol–water partition coefficient (Wildman–Crippen LogP) is 2.10. The van der Waals surface area contributed by atoms with Crippen LogP contribution in [0.4, 0.5) is 0 Å². The average Bonchev–Trinajstić information content (AvgIpc) is 2.69. The number of allylic oxidation sites excluding steroid dienone is 1. The van der Waals surface area contributed by atoms with E-state index in [9.17, 15) is 9.90 Å². The van der Waals surface area contributed by atoms with Crippen LogP contribution in [-0.2, 0) is 9.53 Å². The van der Waals surface area contributed by atoms with Crippen LogP contribution in [0.2, 0.25) is 0 Å². The number of ether oxygens (including phenoxy) is 1. The molecule has 3 N–H and O–H groups in total. The van der Waals surface area contributed by atoms with Crippen molar-refractivity contribution in [3.8, 4) is 0 Å². The second-order valence-corrected chi connectivity index (χ2v) is 7.50. The van der Waals surface area contributed by atoms with E-state index in [0.29, 0.717) is 13.0 Å². The van der Waals surface area contributed by atoms with E-state index in [4.69, 9.17) is 9.84 Å². The average molecular weight is 379 g/mol. The molecular formula is C21H34N2O4. The molecule has 2 aliphatic rings. The maximum Gasteiger partial charge on any atom is 0.240 e. The van der Waals surface area contributed by atoms with Crippen molar-refractivity contribution in [1.29, 1.82) is 0 Å². The first-order valence-corrected chi connectivity index (χ1v) is 9.91. The molecule has 0 radical (unpaired) electrons. The van der Waals surface area contributed by atoms with Gasteiger partial charge in [0.05, 0.1) is 18.7 Å². The number of hydrogen-bond acceptors (Lipinski definition) is 5. The SMILES string of the molecule is C=CC1=C(C=C)CN(C(=O)C(NC(C)O)C2CCCCC2)[C@@H](COCO)C1. The summed E-state index contributed by atoms with van der Waals surface area (Å²) in [5.41, 5.74) is 2.04. The van der Waals surface area contributed by atoms with Crippen molar-refractivity contribution in [2.24, 2.45) is 5.92 Å². The lowest BCUT2D eigenvalue weighted by molar-refractivity contribution is -0.141. The number of amides is 1. The molecule has 3 atom stereocenters. The van der Waals surface area contributed by atoms with Gasteiger partial charge in [-0.05, 0) is 43.3 Å². The Morgan fingerprint density at radius 3 is 2.52 bits per heavy atom. The van der Waals surface area contributed by atoms with Crippen LogP contribution in [0.5, 0.6) is 0 Å². The molecule has 1 aliphatic heterocycles. The smallest absolute Gasteiger partial charge is 0.240 e. The zero-order valence-electron chi connectivity index (χ0n) is 16.4. The monoisotopic (exact) mass is 378 g/mol. The summed E-state index contributed by atoms with van der Waals surface area (Å²) < 4.78 is 5.23. The quantitative estimate of drug-likeness (QED) is 0.535. The summed E-state index contributed by atoms with van der Waals surface area (Å²) in [6, 6.07) is -0.596. The highest BCUT2D eigenvalue weighted by atomic mass is 16.6. The standard InChI is InChI=1S/C21H34N2O4/c1-4-16-11-19(13-27-14-24)23(12-17(16)5-2)21(26)20(22-15(3)25)18-9-7-6-8-10-18/h4-5,15,18-20,22,24-25H,1-2,6-14H2,3H3/t15?,19-,20?/m1/s1. The molecule has 0 aromatic heterocycles. The molecule has 0 spiro atoms. The van der Waals surface area contributed by atoms with Gasteiger partial charge in [0, 0.05) is 6.54 Å². The zero-order valence-corrected chi connectivity index (χ0v) is 16.4. The van der Waals surface area contributed by atoms with Gasteiger partial charge in [0.25, 0.3) is 0 Å². The Morgan fingerprint density at radius 2 is 1.96 bits per heavy atom. The Bertz CT molecular complexity index is 552. The minimum Gasteiger partial charge on any atom is -0.379 e. The molecule has 1 amide bonds. The van der Waals surface area contributed by atoms with Crippen molar-refractivity contribution < 1.29 is 19.7 Å². The van der Waals surface area contributed by atoms with Gasteiger partial charge in [-0.1, -0.05) is 44.6 Å². The number of carbonyl (C=O) groups is 1. The largest absolute Gasteiger partial charge is 0.379 e. The van der Waals surface area contributed by atoms with Crippen LogP contribution >= 0.6 is 0 Å². The van der Waals surface area contributed by atoms with E-state index >= 15 is 0 Å². The maximum atomic E-state index is 13.5.